The van der Waals surface area contributed by atoms with Gasteiger partial charge in [0.1, 0.15) is 6.61 Å². The highest BCUT2D eigenvalue weighted by molar-refractivity contribution is 5.80. The number of amides is 1. The molecule has 2 aliphatic rings. The van der Waals surface area contributed by atoms with Crippen molar-refractivity contribution in [3.63, 3.8) is 0 Å². The summed E-state index contributed by atoms with van der Waals surface area (Å²) in [5.41, 5.74) is 2.07. The Morgan fingerprint density at radius 1 is 1.18 bits per heavy atom. The Morgan fingerprint density at radius 3 is 2.68 bits per heavy atom. The zero-order valence-electron chi connectivity index (χ0n) is 16.6. The van der Waals surface area contributed by atoms with Crippen molar-refractivity contribution in [1.82, 2.24) is 10.3 Å². The molecule has 2 saturated carbocycles. The van der Waals surface area contributed by atoms with Gasteiger partial charge < -0.3 is 14.8 Å². The summed E-state index contributed by atoms with van der Waals surface area (Å²) >= 11 is 0. The molecule has 28 heavy (non-hydrogen) atoms. The highest BCUT2D eigenvalue weighted by Crippen LogP contribution is 2.48. The molecular formula is C23H28N2O3. The molecule has 0 aliphatic heterocycles. The molecule has 2 aromatic rings. The molecule has 0 saturated heterocycles. The fraction of sp³-hybridized carbons (Fsp3) is 0.478. The normalized spacial score (nSPS) is 24.0. The van der Waals surface area contributed by atoms with Crippen LogP contribution in [-0.2, 0) is 11.4 Å². The van der Waals surface area contributed by atoms with E-state index in [1.807, 2.05) is 37.3 Å². The number of nitrogens with one attached hydrogen (secondary N) is 1. The van der Waals surface area contributed by atoms with Crippen LogP contribution in [0.2, 0.25) is 0 Å². The summed E-state index contributed by atoms with van der Waals surface area (Å²) in [4.78, 5) is 16.7. The molecule has 148 valence electrons. The van der Waals surface area contributed by atoms with Crippen LogP contribution in [0, 0.1) is 17.8 Å². The number of carbonyl (C=O) groups is 1. The van der Waals surface area contributed by atoms with E-state index in [4.69, 9.17) is 9.47 Å². The van der Waals surface area contributed by atoms with Crippen LogP contribution in [-0.4, -0.2) is 18.0 Å². The predicted octanol–water partition coefficient (Wildman–Crippen LogP) is 4.28. The molecule has 4 atom stereocenters. The summed E-state index contributed by atoms with van der Waals surface area (Å²) in [7, 11) is 1.64. The number of ether oxygens (including phenoxy) is 2. The van der Waals surface area contributed by atoms with E-state index in [1.54, 1.807) is 19.5 Å². The molecule has 2 bridgehead atoms. The van der Waals surface area contributed by atoms with E-state index >= 15 is 0 Å². The van der Waals surface area contributed by atoms with Crippen molar-refractivity contribution in [2.75, 3.05) is 7.11 Å². The number of rotatable bonds is 7. The molecule has 1 amide bonds. The zero-order chi connectivity index (χ0) is 19.5. The van der Waals surface area contributed by atoms with E-state index in [2.05, 4.69) is 10.3 Å². The fourth-order valence-corrected chi connectivity index (χ4v) is 4.68. The number of fused-ring (bicyclic) bond motifs is 2. The lowest BCUT2D eigenvalue weighted by Crippen LogP contribution is -2.35. The van der Waals surface area contributed by atoms with Gasteiger partial charge in [0, 0.05) is 18.3 Å². The molecule has 4 unspecified atom stereocenters. The standard InChI is InChI=1S/C23H28N2O3/c1-15(25-23(26)20-12-17-3-4-19(20)11-17)18-5-6-21(22(13-18)27-2)28-14-16-7-9-24-10-8-16/h5-10,13,15,17,19-20H,3-4,11-12,14H2,1-2H3,(H,25,26). The Hall–Kier alpha value is -2.56. The topological polar surface area (TPSA) is 60.5 Å². The van der Waals surface area contributed by atoms with Crippen LogP contribution in [0.4, 0.5) is 0 Å². The number of methoxy groups -OCH3 is 1. The van der Waals surface area contributed by atoms with Gasteiger partial charge >= 0.3 is 0 Å². The van der Waals surface area contributed by atoms with E-state index in [0.29, 0.717) is 24.0 Å². The molecule has 4 rings (SSSR count). The van der Waals surface area contributed by atoms with E-state index in [1.165, 1.54) is 19.3 Å². The quantitative estimate of drug-likeness (QED) is 0.779. The second-order valence-corrected chi connectivity index (χ2v) is 8.07. The van der Waals surface area contributed by atoms with Crippen molar-refractivity contribution in [1.29, 1.82) is 0 Å². The van der Waals surface area contributed by atoms with Crippen molar-refractivity contribution in [3.8, 4) is 11.5 Å². The number of benzene rings is 1. The number of aromatic nitrogens is 1. The fourth-order valence-electron chi connectivity index (χ4n) is 4.68. The average Bonchev–Trinajstić information content (AvgIpc) is 3.36. The average molecular weight is 380 g/mol. The van der Waals surface area contributed by atoms with Crippen LogP contribution in [0.25, 0.3) is 0 Å². The van der Waals surface area contributed by atoms with Crippen molar-refractivity contribution < 1.29 is 14.3 Å². The van der Waals surface area contributed by atoms with E-state index < -0.39 is 0 Å². The van der Waals surface area contributed by atoms with Gasteiger partial charge in [-0.05, 0) is 73.4 Å². The molecule has 2 fully saturated rings. The van der Waals surface area contributed by atoms with Crippen molar-refractivity contribution in [2.24, 2.45) is 17.8 Å². The summed E-state index contributed by atoms with van der Waals surface area (Å²) in [6, 6.07) is 9.65. The van der Waals surface area contributed by atoms with Gasteiger partial charge in [-0.3, -0.25) is 9.78 Å². The number of nitrogens with zero attached hydrogens (tertiary/aromatic N) is 1. The third-order valence-corrected chi connectivity index (χ3v) is 6.27. The number of hydrogen-bond donors (Lipinski definition) is 1. The first-order chi connectivity index (χ1) is 13.6. The minimum atomic E-state index is -0.0604. The van der Waals surface area contributed by atoms with Crippen LogP contribution >= 0.6 is 0 Å². The van der Waals surface area contributed by atoms with Gasteiger partial charge in [0.15, 0.2) is 11.5 Å². The van der Waals surface area contributed by atoms with Crippen LogP contribution in [0.15, 0.2) is 42.7 Å². The molecule has 1 heterocycles. The number of pyridine rings is 1. The number of hydrogen-bond acceptors (Lipinski definition) is 4. The summed E-state index contributed by atoms with van der Waals surface area (Å²) in [5, 5.41) is 3.21. The van der Waals surface area contributed by atoms with Crippen LogP contribution in [0.5, 0.6) is 11.5 Å². The molecule has 0 spiro atoms. The van der Waals surface area contributed by atoms with Crippen molar-refractivity contribution >= 4 is 5.91 Å². The third-order valence-electron chi connectivity index (χ3n) is 6.27. The van der Waals surface area contributed by atoms with Crippen LogP contribution in [0.1, 0.15) is 49.8 Å². The van der Waals surface area contributed by atoms with Gasteiger partial charge in [-0.25, -0.2) is 0 Å². The van der Waals surface area contributed by atoms with E-state index in [-0.39, 0.29) is 17.9 Å². The van der Waals surface area contributed by atoms with Crippen LogP contribution < -0.4 is 14.8 Å². The lowest BCUT2D eigenvalue weighted by Gasteiger charge is -2.24. The maximum Gasteiger partial charge on any atom is 0.223 e. The molecule has 1 aromatic heterocycles. The van der Waals surface area contributed by atoms with Crippen LogP contribution in [0.3, 0.4) is 0 Å². The monoisotopic (exact) mass is 380 g/mol. The van der Waals surface area contributed by atoms with Gasteiger partial charge in [-0.15, -0.1) is 0 Å². The number of carbonyl (C=O) groups excluding carboxylic acids is 1. The lowest BCUT2D eigenvalue weighted by atomic mass is 9.88. The maximum absolute atomic E-state index is 12.7. The Kier molecular flexibility index (Phi) is 5.51. The molecule has 1 aromatic carbocycles. The Balaban J connectivity index is 1.39. The van der Waals surface area contributed by atoms with E-state index in [0.717, 1.165) is 23.5 Å². The molecule has 5 heteroatoms. The summed E-state index contributed by atoms with van der Waals surface area (Å²) < 4.78 is 11.4. The largest absolute Gasteiger partial charge is 0.493 e. The highest BCUT2D eigenvalue weighted by atomic mass is 16.5. The Bertz CT molecular complexity index is 824. The Labute approximate surface area is 166 Å². The second kappa shape index (κ2) is 8.21. The van der Waals surface area contributed by atoms with E-state index in [9.17, 15) is 4.79 Å². The lowest BCUT2D eigenvalue weighted by molar-refractivity contribution is -0.127. The first kappa shape index (κ1) is 18.8. The molecule has 2 aliphatic carbocycles. The summed E-state index contributed by atoms with van der Waals surface area (Å²) in [5.74, 6) is 3.13. The molecule has 5 nitrogen and oxygen atoms in total. The minimum absolute atomic E-state index is 0.0604. The zero-order valence-corrected chi connectivity index (χ0v) is 16.6. The SMILES string of the molecule is COc1cc(C(C)NC(=O)C2CC3CCC2C3)ccc1OCc1ccncc1. The van der Waals surface area contributed by atoms with Crippen molar-refractivity contribution in [2.45, 2.75) is 45.3 Å². The van der Waals surface area contributed by atoms with Crippen molar-refractivity contribution in [3.05, 3.63) is 53.9 Å². The summed E-state index contributed by atoms with van der Waals surface area (Å²) in [6.45, 7) is 2.48. The second-order valence-electron chi connectivity index (χ2n) is 8.07. The Morgan fingerprint density at radius 2 is 2.00 bits per heavy atom. The highest BCUT2D eigenvalue weighted by Gasteiger charge is 2.43. The minimum Gasteiger partial charge on any atom is -0.493 e. The molecule has 1 N–H and O–H groups in total. The molecule has 0 radical (unpaired) electrons. The van der Waals surface area contributed by atoms with Gasteiger partial charge in [-0.2, -0.15) is 0 Å². The van der Waals surface area contributed by atoms with Gasteiger partial charge in [0.05, 0.1) is 13.2 Å². The van der Waals surface area contributed by atoms with Gasteiger partial charge in [0.2, 0.25) is 5.91 Å². The first-order valence-electron chi connectivity index (χ1n) is 10.1. The molecular weight excluding hydrogens is 352 g/mol. The third kappa shape index (κ3) is 3.98. The maximum atomic E-state index is 12.7. The van der Waals surface area contributed by atoms with Gasteiger partial charge in [0.25, 0.3) is 0 Å². The summed E-state index contributed by atoms with van der Waals surface area (Å²) in [6.07, 6.45) is 8.33. The first-order valence-corrected chi connectivity index (χ1v) is 10.1. The predicted molar refractivity (Wildman–Crippen MR) is 107 cm³/mol. The smallest absolute Gasteiger partial charge is 0.223 e. The van der Waals surface area contributed by atoms with Gasteiger partial charge in [-0.1, -0.05) is 12.5 Å².